The van der Waals surface area contributed by atoms with E-state index in [2.05, 4.69) is 21.8 Å². The Balaban J connectivity index is 2.32. The minimum absolute atomic E-state index is 0.527. The molecule has 1 aliphatic rings. The van der Waals surface area contributed by atoms with Crippen LogP contribution in [0.5, 0.6) is 0 Å². The van der Waals surface area contributed by atoms with E-state index in [0.717, 1.165) is 49.4 Å². The van der Waals surface area contributed by atoms with Gasteiger partial charge in [0.15, 0.2) is 0 Å². The van der Waals surface area contributed by atoms with Gasteiger partial charge in [-0.05, 0) is 33.1 Å². The standard InChI is InChI=1S/C14H22ClN3O/c1-4-6-11-16-12(15)10(2)13(17-11)18-8-5-7-14(3,19)9-18/h19H,4-9H2,1-3H3. The summed E-state index contributed by atoms with van der Waals surface area (Å²) in [6, 6.07) is 0. The molecule has 0 amide bonds. The Hall–Kier alpha value is -0.870. The second kappa shape index (κ2) is 5.63. The molecule has 1 unspecified atom stereocenters. The molecule has 4 nitrogen and oxygen atoms in total. The number of piperidine rings is 1. The predicted molar refractivity (Wildman–Crippen MR) is 77.8 cm³/mol. The second-order valence-corrected chi connectivity index (χ2v) is 6.01. The van der Waals surface area contributed by atoms with Crippen LogP contribution in [0.25, 0.3) is 0 Å². The zero-order valence-electron chi connectivity index (χ0n) is 11.9. The first-order chi connectivity index (χ1) is 8.93. The van der Waals surface area contributed by atoms with E-state index in [1.165, 1.54) is 0 Å². The Kier molecular flexibility index (Phi) is 4.31. The molecule has 0 aromatic carbocycles. The van der Waals surface area contributed by atoms with Gasteiger partial charge in [-0.1, -0.05) is 18.5 Å². The summed E-state index contributed by atoms with van der Waals surface area (Å²) in [6.07, 6.45) is 3.63. The summed E-state index contributed by atoms with van der Waals surface area (Å²) in [6.45, 7) is 7.44. The summed E-state index contributed by atoms with van der Waals surface area (Å²) in [4.78, 5) is 11.1. The highest BCUT2D eigenvalue weighted by molar-refractivity contribution is 6.30. The van der Waals surface area contributed by atoms with Crippen LogP contribution < -0.4 is 4.90 Å². The summed E-state index contributed by atoms with van der Waals surface area (Å²) < 4.78 is 0. The Morgan fingerprint density at radius 3 is 2.79 bits per heavy atom. The monoisotopic (exact) mass is 283 g/mol. The molecule has 1 N–H and O–H groups in total. The average Bonchev–Trinajstić information content (AvgIpc) is 2.32. The molecule has 1 saturated heterocycles. The molecule has 2 heterocycles. The van der Waals surface area contributed by atoms with Gasteiger partial charge in [0, 0.05) is 25.1 Å². The fourth-order valence-electron chi connectivity index (χ4n) is 2.56. The van der Waals surface area contributed by atoms with Crippen molar-refractivity contribution in [3.05, 3.63) is 16.5 Å². The van der Waals surface area contributed by atoms with Crippen molar-refractivity contribution < 1.29 is 5.11 Å². The highest BCUT2D eigenvalue weighted by Crippen LogP contribution is 2.29. The lowest BCUT2D eigenvalue weighted by Crippen LogP contribution is -2.46. The number of anilines is 1. The Morgan fingerprint density at radius 1 is 1.42 bits per heavy atom. The lowest BCUT2D eigenvalue weighted by atomic mass is 9.95. The van der Waals surface area contributed by atoms with E-state index in [-0.39, 0.29) is 0 Å². The van der Waals surface area contributed by atoms with Crippen molar-refractivity contribution in [1.29, 1.82) is 0 Å². The first kappa shape index (κ1) is 14.5. The van der Waals surface area contributed by atoms with Crippen LogP contribution in [0.15, 0.2) is 0 Å². The van der Waals surface area contributed by atoms with Gasteiger partial charge in [0.1, 0.15) is 16.8 Å². The van der Waals surface area contributed by atoms with E-state index in [4.69, 9.17) is 11.6 Å². The molecular formula is C14H22ClN3O. The summed E-state index contributed by atoms with van der Waals surface area (Å²) in [5.74, 6) is 1.67. The van der Waals surface area contributed by atoms with Crippen molar-refractivity contribution in [2.75, 3.05) is 18.0 Å². The molecule has 1 aromatic heterocycles. The summed E-state index contributed by atoms with van der Waals surface area (Å²) in [7, 11) is 0. The minimum Gasteiger partial charge on any atom is -0.388 e. The van der Waals surface area contributed by atoms with Crippen LogP contribution in [0.4, 0.5) is 5.82 Å². The SMILES string of the molecule is CCCc1nc(Cl)c(C)c(N2CCCC(C)(O)C2)n1. The quantitative estimate of drug-likeness (QED) is 0.867. The van der Waals surface area contributed by atoms with Crippen LogP contribution in [0.2, 0.25) is 5.15 Å². The molecule has 0 bridgehead atoms. The number of nitrogens with zero attached hydrogens (tertiary/aromatic N) is 3. The molecule has 0 saturated carbocycles. The van der Waals surface area contributed by atoms with Crippen LogP contribution in [-0.4, -0.2) is 33.8 Å². The fourth-order valence-corrected chi connectivity index (χ4v) is 2.75. The van der Waals surface area contributed by atoms with Crippen molar-refractivity contribution >= 4 is 17.4 Å². The first-order valence-electron chi connectivity index (χ1n) is 6.93. The molecule has 0 radical (unpaired) electrons. The van der Waals surface area contributed by atoms with Gasteiger partial charge in [-0.15, -0.1) is 0 Å². The maximum absolute atomic E-state index is 10.2. The van der Waals surface area contributed by atoms with Crippen LogP contribution >= 0.6 is 11.6 Å². The van der Waals surface area contributed by atoms with Gasteiger partial charge in [-0.25, -0.2) is 9.97 Å². The molecule has 5 heteroatoms. The van der Waals surface area contributed by atoms with Gasteiger partial charge in [0.25, 0.3) is 0 Å². The number of rotatable bonds is 3. The van der Waals surface area contributed by atoms with Crippen molar-refractivity contribution in [3.8, 4) is 0 Å². The molecule has 1 aromatic rings. The van der Waals surface area contributed by atoms with Gasteiger partial charge in [0.2, 0.25) is 0 Å². The van der Waals surface area contributed by atoms with Crippen molar-refractivity contribution in [3.63, 3.8) is 0 Å². The van der Waals surface area contributed by atoms with Gasteiger partial charge >= 0.3 is 0 Å². The van der Waals surface area contributed by atoms with Crippen molar-refractivity contribution in [2.24, 2.45) is 0 Å². The molecule has 1 atom stereocenters. The molecular weight excluding hydrogens is 262 g/mol. The number of aryl methyl sites for hydroxylation is 1. The fraction of sp³-hybridized carbons (Fsp3) is 0.714. The maximum Gasteiger partial charge on any atom is 0.137 e. The molecule has 0 aliphatic carbocycles. The summed E-state index contributed by atoms with van der Waals surface area (Å²) in [5, 5.41) is 10.7. The van der Waals surface area contributed by atoms with Gasteiger partial charge in [-0.3, -0.25) is 0 Å². The highest BCUT2D eigenvalue weighted by Gasteiger charge is 2.30. The van der Waals surface area contributed by atoms with E-state index >= 15 is 0 Å². The maximum atomic E-state index is 10.2. The normalized spacial score (nSPS) is 23.7. The largest absolute Gasteiger partial charge is 0.388 e. The molecule has 1 fully saturated rings. The Morgan fingerprint density at radius 2 is 2.16 bits per heavy atom. The Labute approximate surface area is 119 Å². The number of β-amino-alcohol motifs (C(OH)–C–C–N with tert-alkyl or cyclic N) is 1. The van der Waals surface area contributed by atoms with Gasteiger partial charge in [0.05, 0.1) is 5.60 Å². The molecule has 1 aliphatic heterocycles. The molecule has 19 heavy (non-hydrogen) atoms. The zero-order valence-corrected chi connectivity index (χ0v) is 12.7. The number of hydrogen-bond donors (Lipinski definition) is 1. The summed E-state index contributed by atoms with van der Waals surface area (Å²) >= 11 is 6.20. The van der Waals surface area contributed by atoms with Gasteiger partial charge in [-0.2, -0.15) is 0 Å². The number of aromatic nitrogens is 2. The van der Waals surface area contributed by atoms with E-state index < -0.39 is 5.60 Å². The summed E-state index contributed by atoms with van der Waals surface area (Å²) in [5.41, 5.74) is 0.256. The lowest BCUT2D eigenvalue weighted by Gasteiger charge is -2.38. The van der Waals surface area contributed by atoms with E-state index in [9.17, 15) is 5.11 Å². The van der Waals surface area contributed by atoms with E-state index in [1.807, 2.05) is 13.8 Å². The number of hydrogen-bond acceptors (Lipinski definition) is 4. The van der Waals surface area contributed by atoms with Crippen LogP contribution in [0, 0.1) is 6.92 Å². The molecule has 0 spiro atoms. The third-order valence-electron chi connectivity index (χ3n) is 3.56. The van der Waals surface area contributed by atoms with E-state index in [1.54, 1.807) is 0 Å². The number of halogens is 1. The number of aliphatic hydroxyl groups is 1. The first-order valence-corrected chi connectivity index (χ1v) is 7.31. The smallest absolute Gasteiger partial charge is 0.137 e. The Bertz CT molecular complexity index is 462. The van der Waals surface area contributed by atoms with Crippen LogP contribution in [0.1, 0.15) is 44.5 Å². The molecule has 2 rings (SSSR count). The highest BCUT2D eigenvalue weighted by atomic mass is 35.5. The molecule has 106 valence electrons. The predicted octanol–water partition coefficient (Wildman–Crippen LogP) is 2.74. The van der Waals surface area contributed by atoms with Crippen molar-refractivity contribution in [2.45, 2.75) is 52.1 Å². The second-order valence-electron chi connectivity index (χ2n) is 5.65. The minimum atomic E-state index is -0.646. The third kappa shape index (κ3) is 3.37. The van der Waals surface area contributed by atoms with E-state index in [0.29, 0.717) is 11.7 Å². The van der Waals surface area contributed by atoms with Crippen LogP contribution in [0.3, 0.4) is 0 Å². The lowest BCUT2D eigenvalue weighted by molar-refractivity contribution is 0.0446. The van der Waals surface area contributed by atoms with Gasteiger partial charge < -0.3 is 10.0 Å². The average molecular weight is 284 g/mol. The van der Waals surface area contributed by atoms with Crippen LogP contribution in [-0.2, 0) is 6.42 Å². The zero-order chi connectivity index (χ0) is 14.0. The van der Waals surface area contributed by atoms with Crippen molar-refractivity contribution in [1.82, 2.24) is 9.97 Å². The topological polar surface area (TPSA) is 49.2 Å². The third-order valence-corrected chi connectivity index (χ3v) is 3.92.